The quantitative estimate of drug-likeness (QED) is 0.929. The highest BCUT2D eigenvalue weighted by atomic mass is 79.9. The van der Waals surface area contributed by atoms with E-state index in [1.807, 2.05) is 0 Å². The van der Waals surface area contributed by atoms with Crippen molar-refractivity contribution < 1.29 is 13.9 Å². The Morgan fingerprint density at radius 3 is 2.82 bits per heavy atom. The zero-order valence-electron chi connectivity index (χ0n) is 9.36. The number of hydrogen-bond acceptors (Lipinski definition) is 3. The van der Waals surface area contributed by atoms with Gasteiger partial charge in [0.15, 0.2) is 11.6 Å². The molecule has 2 atom stereocenters. The van der Waals surface area contributed by atoms with Crippen LogP contribution in [0.5, 0.6) is 5.75 Å². The molecule has 1 saturated heterocycles. The summed E-state index contributed by atoms with van der Waals surface area (Å²) < 4.78 is 25.2. The first-order valence-electron chi connectivity index (χ1n) is 5.62. The van der Waals surface area contributed by atoms with Crippen LogP contribution in [0.25, 0.3) is 0 Å². The van der Waals surface area contributed by atoms with Crippen LogP contribution in [0.15, 0.2) is 22.7 Å². The Labute approximate surface area is 108 Å². The van der Waals surface area contributed by atoms with Gasteiger partial charge in [-0.05, 0) is 31.0 Å². The molecule has 3 nitrogen and oxygen atoms in total. The molecule has 17 heavy (non-hydrogen) atoms. The van der Waals surface area contributed by atoms with Crippen LogP contribution in [0.1, 0.15) is 12.8 Å². The first kappa shape index (κ1) is 12.8. The Morgan fingerprint density at radius 1 is 1.41 bits per heavy atom. The molecule has 5 heteroatoms. The largest absolute Gasteiger partial charge is 0.488 e. The molecule has 2 rings (SSSR count). The maximum Gasteiger partial charge on any atom is 0.166 e. The van der Waals surface area contributed by atoms with Gasteiger partial charge in [-0.15, -0.1) is 0 Å². The minimum absolute atomic E-state index is 0.0200. The Bertz CT molecular complexity index is 389. The summed E-state index contributed by atoms with van der Waals surface area (Å²) in [5, 5.41) is 0. The van der Waals surface area contributed by atoms with E-state index in [1.165, 1.54) is 6.07 Å². The van der Waals surface area contributed by atoms with E-state index in [0.29, 0.717) is 17.6 Å². The van der Waals surface area contributed by atoms with E-state index in [2.05, 4.69) is 15.9 Å². The summed E-state index contributed by atoms with van der Waals surface area (Å²) in [4.78, 5) is 0. The molecule has 0 saturated carbocycles. The number of hydrogen-bond donors (Lipinski definition) is 1. The van der Waals surface area contributed by atoms with Crippen molar-refractivity contribution in [2.75, 3.05) is 13.2 Å². The number of ether oxygens (including phenoxy) is 2. The molecule has 0 spiro atoms. The van der Waals surface area contributed by atoms with Gasteiger partial charge in [-0.2, -0.15) is 0 Å². The predicted octanol–water partition coefficient (Wildman–Crippen LogP) is 2.47. The highest BCUT2D eigenvalue weighted by molar-refractivity contribution is 9.10. The zero-order chi connectivity index (χ0) is 12.3. The average molecular weight is 304 g/mol. The van der Waals surface area contributed by atoms with Crippen LogP contribution in [0.2, 0.25) is 0 Å². The molecular formula is C12H15BrFNO2. The second kappa shape index (κ2) is 5.80. The summed E-state index contributed by atoms with van der Waals surface area (Å²) >= 11 is 3.20. The molecule has 1 heterocycles. The fourth-order valence-electron chi connectivity index (χ4n) is 1.85. The van der Waals surface area contributed by atoms with Crippen molar-refractivity contribution in [2.45, 2.75) is 25.0 Å². The van der Waals surface area contributed by atoms with Crippen LogP contribution in [0.3, 0.4) is 0 Å². The maximum absolute atomic E-state index is 13.5. The summed E-state index contributed by atoms with van der Waals surface area (Å²) in [5.41, 5.74) is 5.51. The highest BCUT2D eigenvalue weighted by Gasteiger charge is 2.24. The second-order valence-electron chi connectivity index (χ2n) is 4.08. The minimum Gasteiger partial charge on any atom is -0.488 e. The van der Waals surface area contributed by atoms with Gasteiger partial charge < -0.3 is 15.2 Å². The summed E-state index contributed by atoms with van der Waals surface area (Å²) in [6.07, 6.45) is 2.01. The van der Waals surface area contributed by atoms with E-state index in [-0.39, 0.29) is 23.8 Å². The van der Waals surface area contributed by atoms with Gasteiger partial charge >= 0.3 is 0 Å². The standard InChI is InChI=1S/C12H15BrFNO2/c13-8-1-4-12(11(14)5-8)16-7-10-3-2-9(6-15)17-10/h1,4-5,9-10H,2-3,6-7,15H2. The molecule has 94 valence electrons. The minimum atomic E-state index is -0.368. The Kier molecular flexibility index (Phi) is 4.36. The first-order valence-corrected chi connectivity index (χ1v) is 6.41. The van der Waals surface area contributed by atoms with E-state index >= 15 is 0 Å². The van der Waals surface area contributed by atoms with E-state index in [0.717, 1.165) is 12.8 Å². The summed E-state index contributed by atoms with van der Waals surface area (Å²) in [6.45, 7) is 0.901. The van der Waals surface area contributed by atoms with Crippen molar-refractivity contribution in [1.82, 2.24) is 0 Å². The molecular weight excluding hydrogens is 289 g/mol. The van der Waals surface area contributed by atoms with E-state index < -0.39 is 0 Å². The number of benzene rings is 1. The van der Waals surface area contributed by atoms with Gasteiger partial charge in [0.05, 0.1) is 12.2 Å². The summed E-state index contributed by atoms with van der Waals surface area (Å²) in [7, 11) is 0. The third-order valence-corrected chi connectivity index (χ3v) is 3.27. The molecule has 0 bridgehead atoms. The maximum atomic E-state index is 13.5. The predicted molar refractivity (Wildman–Crippen MR) is 66.5 cm³/mol. The van der Waals surface area contributed by atoms with Crippen LogP contribution in [0.4, 0.5) is 4.39 Å². The Morgan fingerprint density at radius 2 is 2.18 bits per heavy atom. The lowest BCUT2D eigenvalue weighted by Gasteiger charge is -2.14. The molecule has 0 aliphatic carbocycles. The van der Waals surface area contributed by atoms with Crippen molar-refractivity contribution in [2.24, 2.45) is 5.73 Å². The van der Waals surface area contributed by atoms with Gasteiger partial charge in [0.1, 0.15) is 6.61 Å². The van der Waals surface area contributed by atoms with Crippen molar-refractivity contribution in [3.8, 4) is 5.75 Å². The van der Waals surface area contributed by atoms with Gasteiger partial charge in [0.2, 0.25) is 0 Å². The lowest BCUT2D eigenvalue weighted by molar-refractivity contribution is 0.0214. The molecule has 1 aliphatic rings. The molecule has 1 aromatic rings. The first-order chi connectivity index (χ1) is 8.19. The van der Waals surface area contributed by atoms with Crippen molar-refractivity contribution in [3.05, 3.63) is 28.5 Å². The van der Waals surface area contributed by atoms with E-state index in [1.54, 1.807) is 12.1 Å². The highest BCUT2D eigenvalue weighted by Crippen LogP contribution is 2.24. The van der Waals surface area contributed by atoms with Crippen LogP contribution < -0.4 is 10.5 Å². The average Bonchev–Trinajstić information content (AvgIpc) is 2.76. The Hall–Kier alpha value is -0.650. The van der Waals surface area contributed by atoms with Crippen molar-refractivity contribution in [1.29, 1.82) is 0 Å². The number of halogens is 2. The SMILES string of the molecule is NCC1CCC(COc2ccc(Br)cc2F)O1. The fourth-order valence-corrected chi connectivity index (χ4v) is 2.18. The Balaban J connectivity index is 1.86. The van der Waals surface area contributed by atoms with Crippen LogP contribution in [-0.2, 0) is 4.74 Å². The molecule has 1 aliphatic heterocycles. The number of rotatable bonds is 4. The van der Waals surface area contributed by atoms with Crippen LogP contribution in [-0.4, -0.2) is 25.4 Å². The summed E-state index contributed by atoms with van der Waals surface area (Å²) in [6, 6.07) is 4.74. The molecule has 1 fully saturated rings. The third-order valence-electron chi connectivity index (χ3n) is 2.78. The molecule has 0 radical (unpaired) electrons. The molecule has 2 N–H and O–H groups in total. The lowest BCUT2D eigenvalue weighted by atomic mass is 10.2. The van der Waals surface area contributed by atoms with Crippen molar-refractivity contribution >= 4 is 15.9 Å². The smallest absolute Gasteiger partial charge is 0.166 e. The third kappa shape index (κ3) is 3.40. The molecule has 0 aromatic heterocycles. The lowest BCUT2D eigenvalue weighted by Crippen LogP contribution is -2.23. The molecule has 1 aromatic carbocycles. The van der Waals surface area contributed by atoms with Gasteiger partial charge in [-0.1, -0.05) is 15.9 Å². The van der Waals surface area contributed by atoms with Gasteiger partial charge in [-0.25, -0.2) is 4.39 Å². The van der Waals surface area contributed by atoms with Crippen LogP contribution >= 0.6 is 15.9 Å². The normalized spacial score (nSPS) is 23.9. The zero-order valence-corrected chi connectivity index (χ0v) is 11.0. The summed E-state index contributed by atoms with van der Waals surface area (Å²) in [5.74, 6) is -0.110. The fraction of sp³-hybridized carbons (Fsp3) is 0.500. The van der Waals surface area contributed by atoms with E-state index in [4.69, 9.17) is 15.2 Å². The van der Waals surface area contributed by atoms with Gasteiger partial charge in [-0.3, -0.25) is 0 Å². The molecule has 0 amide bonds. The van der Waals surface area contributed by atoms with E-state index in [9.17, 15) is 4.39 Å². The molecule has 2 unspecified atom stereocenters. The van der Waals surface area contributed by atoms with Crippen molar-refractivity contribution in [3.63, 3.8) is 0 Å². The van der Waals surface area contributed by atoms with Gasteiger partial charge in [0, 0.05) is 11.0 Å². The topological polar surface area (TPSA) is 44.5 Å². The van der Waals surface area contributed by atoms with Gasteiger partial charge in [0.25, 0.3) is 0 Å². The number of nitrogens with two attached hydrogens (primary N) is 1. The monoisotopic (exact) mass is 303 g/mol. The van der Waals surface area contributed by atoms with Crippen LogP contribution in [0, 0.1) is 5.82 Å². The second-order valence-corrected chi connectivity index (χ2v) is 4.99.